The van der Waals surface area contributed by atoms with Gasteiger partial charge in [-0.1, -0.05) is 27.7 Å². The van der Waals surface area contributed by atoms with Crippen molar-refractivity contribution in [1.82, 2.24) is 5.32 Å². The summed E-state index contributed by atoms with van der Waals surface area (Å²) in [5.41, 5.74) is 2.68. The Kier molecular flexibility index (Phi) is 3.95. The Labute approximate surface area is 93.9 Å². The van der Waals surface area contributed by atoms with Crippen molar-refractivity contribution in [3.8, 4) is 0 Å². The van der Waals surface area contributed by atoms with Crippen LogP contribution in [0.25, 0.3) is 0 Å². The third kappa shape index (κ3) is 3.37. The number of hydrogen-bond acceptors (Lipinski definition) is 2. The lowest BCUT2D eigenvalue weighted by Crippen LogP contribution is -2.28. The first kappa shape index (κ1) is 12.3. The first-order valence-corrected chi connectivity index (χ1v) is 5.88. The van der Waals surface area contributed by atoms with Crippen LogP contribution in [0.1, 0.15) is 40.5 Å². The predicted molar refractivity (Wildman–Crippen MR) is 67.3 cm³/mol. The van der Waals surface area contributed by atoms with Gasteiger partial charge in [0.1, 0.15) is 0 Å². The Bertz CT molecular complexity index is 269. The van der Waals surface area contributed by atoms with Gasteiger partial charge in [-0.25, -0.2) is 0 Å². The van der Waals surface area contributed by atoms with Crippen LogP contribution < -0.4 is 5.32 Å². The van der Waals surface area contributed by atoms with Gasteiger partial charge in [0.25, 0.3) is 0 Å². The molecule has 0 bridgehead atoms. The molecule has 1 aliphatic heterocycles. The Morgan fingerprint density at radius 3 is 2.60 bits per heavy atom. The van der Waals surface area contributed by atoms with Crippen molar-refractivity contribution in [1.29, 1.82) is 0 Å². The van der Waals surface area contributed by atoms with Gasteiger partial charge in [0.2, 0.25) is 0 Å². The summed E-state index contributed by atoms with van der Waals surface area (Å²) in [7, 11) is 1.88. The van der Waals surface area contributed by atoms with E-state index in [0.29, 0.717) is 5.92 Å². The number of nitrogens with zero attached hydrogens (tertiary/aromatic N) is 1. The second-order valence-electron chi connectivity index (χ2n) is 5.43. The maximum atomic E-state index is 4.39. The summed E-state index contributed by atoms with van der Waals surface area (Å²) in [6.07, 6.45) is 4.82. The van der Waals surface area contributed by atoms with Crippen molar-refractivity contribution >= 4 is 5.71 Å². The number of piperidine rings is 1. The highest BCUT2D eigenvalue weighted by Gasteiger charge is 2.20. The molecule has 0 aliphatic carbocycles. The molecule has 1 atom stereocenters. The van der Waals surface area contributed by atoms with Crippen LogP contribution in [0.2, 0.25) is 0 Å². The molecule has 0 aromatic carbocycles. The van der Waals surface area contributed by atoms with Gasteiger partial charge in [-0.3, -0.25) is 4.99 Å². The van der Waals surface area contributed by atoms with Gasteiger partial charge in [0.15, 0.2) is 0 Å². The monoisotopic (exact) mass is 208 g/mol. The van der Waals surface area contributed by atoms with E-state index < -0.39 is 0 Å². The van der Waals surface area contributed by atoms with E-state index in [1.165, 1.54) is 24.3 Å². The van der Waals surface area contributed by atoms with E-state index in [1.54, 1.807) is 0 Å². The summed E-state index contributed by atoms with van der Waals surface area (Å²) in [4.78, 5) is 4.39. The van der Waals surface area contributed by atoms with Gasteiger partial charge in [0, 0.05) is 30.4 Å². The van der Waals surface area contributed by atoms with Crippen molar-refractivity contribution in [3.05, 3.63) is 11.8 Å². The lowest BCUT2D eigenvalue weighted by molar-refractivity contribution is 0.473. The zero-order valence-electron chi connectivity index (χ0n) is 10.7. The topological polar surface area (TPSA) is 24.4 Å². The quantitative estimate of drug-likeness (QED) is 0.658. The number of nitrogens with one attached hydrogen (secondary N) is 1. The Balaban J connectivity index is 2.84. The molecule has 1 rings (SSSR count). The molecule has 15 heavy (non-hydrogen) atoms. The molecule has 0 spiro atoms. The standard InChI is InChI=1S/C13H24N2/c1-10-7-6-8-15-11(10)9-12(14-5)13(2,3)4/h9-10,15H,6-8H2,1-5H3/b11-9-,14-12?. The van der Waals surface area contributed by atoms with Crippen LogP contribution in [0.4, 0.5) is 0 Å². The number of rotatable bonds is 1. The highest BCUT2D eigenvalue weighted by atomic mass is 14.9. The molecule has 1 unspecified atom stereocenters. The summed E-state index contributed by atoms with van der Waals surface area (Å²) in [5, 5.41) is 3.49. The molecule has 2 heteroatoms. The fraction of sp³-hybridized carbons (Fsp3) is 0.769. The molecule has 1 heterocycles. The predicted octanol–water partition coefficient (Wildman–Crippen LogP) is 3.01. The highest BCUT2D eigenvalue weighted by Crippen LogP contribution is 2.23. The van der Waals surface area contributed by atoms with Crippen molar-refractivity contribution in [2.45, 2.75) is 40.5 Å². The molecule has 0 saturated carbocycles. The first-order valence-electron chi connectivity index (χ1n) is 5.88. The van der Waals surface area contributed by atoms with Crippen LogP contribution in [0.3, 0.4) is 0 Å². The Morgan fingerprint density at radius 1 is 1.47 bits per heavy atom. The molecule has 0 amide bonds. The van der Waals surface area contributed by atoms with E-state index in [1.807, 2.05) is 7.05 Å². The average molecular weight is 208 g/mol. The fourth-order valence-electron chi connectivity index (χ4n) is 1.93. The Morgan fingerprint density at radius 2 is 2.13 bits per heavy atom. The van der Waals surface area contributed by atoms with Crippen LogP contribution in [0, 0.1) is 11.3 Å². The van der Waals surface area contributed by atoms with E-state index in [0.717, 1.165) is 6.54 Å². The van der Waals surface area contributed by atoms with Gasteiger partial charge in [0.05, 0.1) is 0 Å². The zero-order chi connectivity index (χ0) is 11.5. The molecular weight excluding hydrogens is 184 g/mol. The maximum Gasteiger partial charge on any atom is 0.0415 e. The zero-order valence-corrected chi connectivity index (χ0v) is 10.7. The summed E-state index contributed by atoms with van der Waals surface area (Å²) in [5.74, 6) is 0.651. The molecule has 86 valence electrons. The third-order valence-corrected chi connectivity index (χ3v) is 2.98. The van der Waals surface area contributed by atoms with E-state index in [9.17, 15) is 0 Å². The van der Waals surface area contributed by atoms with Crippen LogP contribution in [0.5, 0.6) is 0 Å². The lowest BCUT2D eigenvalue weighted by Gasteiger charge is -2.26. The average Bonchev–Trinajstić information content (AvgIpc) is 2.14. The molecule has 0 radical (unpaired) electrons. The van der Waals surface area contributed by atoms with Gasteiger partial charge < -0.3 is 5.32 Å². The van der Waals surface area contributed by atoms with Gasteiger partial charge in [-0.15, -0.1) is 0 Å². The maximum absolute atomic E-state index is 4.39. The molecule has 1 N–H and O–H groups in total. The van der Waals surface area contributed by atoms with Gasteiger partial charge >= 0.3 is 0 Å². The second-order valence-corrected chi connectivity index (χ2v) is 5.43. The fourth-order valence-corrected chi connectivity index (χ4v) is 1.93. The summed E-state index contributed by atoms with van der Waals surface area (Å²) < 4.78 is 0. The van der Waals surface area contributed by atoms with Crippen LogP contribution in [-0.4, -0.2) is 19.3 Å². The minimum Gasteiger partial charge on any atom is -0.388 e. The second kappa shape index (κ2) is 4.82. The van der Waals surface area contributed by atoms with Crippen LogP contribution in [-0.2, 0) is 0 Å². The van der Waals surface area contributed by atoms with Crippen LogP contribution >= 0.6 is 0 Å². The lowest BCUT2D eigenvalue weighted by atomic mass is 9.87. The SMILES string of the molecule is CN=C(/C=C1\NCCCC1C)C(C)(C)C. The normalized spacial score (nSPS) is 26.6. The summed E-state index contributed by atoms with van der Waals surface area (Å²) >= 11 is 0. The van der Waals surface area contributed by atoms with Crippen molar-refractivity contribution in [2.24, 2.45) is 16.3 Å². The Hall–Kier alpha value is -0.790. The van der Waals surface area contributed by atoms with Gasteiger partial charge in [-0.2, -0.15) is 0 Å². The highest BCUT2D eigenvalue weighted by molar-refractivity contribution is 5.99. The largest absolute Gasteiger partial charge is 0.388 e. The van der Waals surface area contributed by atoms with E-state index in [4.69, 9.17) is 0 Å². The van der Waals surface area contributed by atoms with E-state index in [2.05, 4.69) is 44.1 Å². The third-order valence-electron chi connectivity index (χ3n) is 2.98. The summed E-state index contributed by atoms with van der Waals surface area (Å²) in [6, 6.07) is 0. The van der Waals surface area contributed by atoms with Crippen LogP contribution in [0.15, 0.2) is 16.8 Å². The van der Waals surface area contributed by atoms with Crippen molar-refractivity contribution < 1.29 is 0 Å². The smallest absolute Gasteiger partial charge is 0.0415 e. The number of allylic oxidation sites excluding steroid dienone is 2. The first-order chi connectivity index (χ1) is 6.95. The molecule has 1 aliphatic rings. The molecule has 0 aromatic heterocycles. The summed E-state index contributed by atoms with van der Waals surface area (Å²) in [6.45, 7) is 10.0. The molecule has 1 saturated heterocycles. The van der Waals surface area contributed by atoms with E-state index >= 15 is 0 Å². The molecule has 1 fully saturated rings. The minimum atomic E-state index is 0.139. The van der Waals surface area contributed by atoms with Crippen molar-refractivity contribution in [3.63, 3.8) is 0 Å². The molecular formula is C13H24N2. The van der Waals surface area contributed by atoms with Crippen molar-refractivity contribution in [2.75, 3.05) is 13.6 Å². The van der Waals surface area contributed by atoms with Gasteiger partial charge in [-0.05, 0) is 24.8 Å². The number of aliphatic imine (C=N–C) groups is 1. The minimum absolute atomic E-state index is 0.139. The molecule has 2 nitrogen and oxygen atoms in total. The number of hydrogen-bond donors (Lipinski definition) is 1. The molecule has 0 aromatic rings. The van der Waals surface area contributed by atoms with E-state index in [-0.39, 0.29) is 5.41 Å².